The maximum atomic E-state index is 12.7. The molecule has 0 aromatic heterocycles. The number of nitrogens with zero attached hydrogens (tertiary/aromatic N) is 1. The van der Waals surface area contributed by atoms with E-state index in [1.807, 2.05) is 0 Å². The van der Waals surface area contributed by atoms with E-state index in [9.17, 15) is 23.1 Å². The van der Waals surface area contributed by atoms with Gasteiger partial charge < -0.3 is 15.3 Å². The van der Waals surface area contributed by atoms with Crippen LogP contribution in [0.4, 0.5) is 18.9 Å². The Balaban J connectivity index is 1.67. The summed E-state index contributed by atoms with van der Waals surface area (Å²) in [5, 5.41) is 16.0. The Kier molecular flexibility index (Phi) is 4.35. The summed E-state index contributed by atoms with van der Waals surface area (Å²) in [5.41, 5.74) is -0.0117. The number of phenolic OH excluding ortho intramolecular Hbond substituents is 1. The Bertz CT molecular complexity index is 834. The number of rotatable bonds is 3. The van der Waals surface area contributed by atoms with E-state index in [4.69, 9.17) is 4.84 Å². The first-order chi connectivity index (χ1) is 11.8. The van der Waals surface area contributed by atoms with Gasteiger partial charge in [-0.3, -0.25) is 4.79 Å². The number of anilines is 1. The molecule has 1 aliphatic rings. The summed E-state index contributed by atoms with van der Waals surface area (Å²) in [6.45, 7) is 0. The van der Waals surface area contributed by atoms with Crippen LogP contribution in [0.2, 0.25) is 0 Å². The SMILES string of the molecule is O=C(Nc1cccc(C(F)(F)F)c1)[C@H]1CC(c2ccccc2O)=NO1. The van der Waals surface area contributed by atoms with Gasteiger partial charge in [0.15, 0.2) is 0 Å². The third-order valence-electron chi connectivity index (χ3n) is 3.63. The molecule has 0 radical (unpaired) electrons. The van der Waals surface area contributed by atoms with Crippen LogP contribution in [0.15, 0.2) is 53.7 Å². The number of benzene rings is 2. The molecule has 0 saturated carbocycles. The van der Waals surface area contributed by atoms with Crippen LogP contribution in [0.1, 0.15) is 17.5 Å². The number of carbonyl (C=O) groups excluding carboxylic acids is 1. The second-order valence-electron chi connectivity index (χ2n) is 5.42. The normalized spacial score (nSPS) is 16.9. The van der Waals surface area contributed by atoms with Gasteiger partial charge in [0.05, 0.1) is 11.3 Å². The minimum absolute atomic E-state index is 0.00351. The van der Waals surface area contributed by atoms with E-state index in [-0.39, 0.29) is 17.9 Å². The quantitative estimate of drug-likeness (QED) is 0.889. The van der Waals surface area contributed by atoms with Gasteiger partial charge in [0.1, 0.15) is 5.75 Å². The predicted molar refractivity (Wildman–Crippen MR) is 84.2 cm³/mol. The van der Waals surface area contributed by atoms with Crippen molar-refractivity contribution in [2.45, 2.75) is 18.7 Å². The summed E-state index contributed by atoms with van der Waals surface area (Å²) in [6, 6.07) is 10.8. The molecule has 1 amide bonds. The van der Waals surface area contributed by atoms with Gasteiger partial charge in [0, 0.05) is 17.7 Å². The molecule has 8 heteroatoms. The summed E-state index contributed by atoms with van der Waals surface area (Å²) in [7, 11) is 0. The van der Waals surface area contributed by atoms with Crippen LogP contribution in [0, 0.1) is 0 Å². The van der Waals surface area contributed by atoms with E-state index >= 15 is 0 Å². The summed E-state index contributed by atoms with van der Waals surface area (Å²) in [5.74, 6) is -0.614. The molecule has 0 fully saturated rings. The topological polar surface area (TPSA) is 70.9 Å². The number of para-hydroxylation sites is 1. The molecule has 2 aromatic rings. The van der Waals surface area contributed by atoms with Crippen LogP contribution >= 0.6 is 0 Å². The Morgan fingerprint density at radius 3 is 2.68 bits per heavy atom. The molecule has 25 heavy (non-hydrogen) atoms. The standard InChI is InChI=1S/C17H13F3N2O3/c18-17(19,20)10-4-3-5-11(8-10)21-16(24)15-9-13(22-25-15)12-6-1-2-7-14(12)23/h1-8,15,23H,9H2,(H,21,24)/t15-/m1/s1. The van der Waals surface area contributed by atoms with Gasteiger partial charge >= 0.3 is 6.18 Å². The van der Waals surface area contributed by atoms with Crippen molar-refractivity contribution in [3.63, 3.8) is 0 Å². The number of oxime groups is 1. The highest BCUT2D eigenvalue weighted by Crippen LogP contribution is 2.31. The van der Waals surface area contributed by atoms with Crippen molar-refractivity contribution in [3.05, 3.63) is 59.7 Å². The largest absolute Gasteiger partial charge is 0.507 e. The number of amides is 1. The molecule has 2 aromatic carbocycles. The number of phenols is 1. The average molecular weight is 350 g/mol. The molecule has 0 saturated heterocycles. The number of aromatic hydroxyl groups is 1. The van der Waals surface area contributed by atoms with Crippen LogP contribution in [-0.4, -0.2) is 22.8 Å². The zero-order valence-corrected chi connectivity index (χ0v) is 12.7. The number of alkyl halides is 3. The van der Waals surface area contributed by atoms with Gasteiger partial charge in [-0.05, 0) is 30.3 Å². The second kappa shape index (κ2) is 6.46. The summed E-state index contributed by atoms with van der Waals surface area (Å²) >= 11 is 0. The average Bonchev–Trinajstić information content (AvgIpc) is 3.04. The molecule has 5 nitrogen and oxygen atoms in total. The highest BCUT2D eigenvalue weighted by molar-refractivity contribution is 6.07. The van der Waals surface area contributed by atoms with Gasteiger partial charge in [-0.1, -0.05) is 23.4 Å². The fraction of sp³-hybridized carbons (Fsp3) is 0.176. The maximum absolute atomic E-state index is 12.7. The van der Waals surface area contributed by atoms with Crippen molar-refractivity contribution < 1.29 is 27.9 Å². The first-order valence-electron chi connectivity index (χ1n) is 7.34. The molecule has 2 N–H and O–H groups in total. The van der Waals surface area contributed by atoms with Gasteiger partial charge in [-0.15, -0.1) is 0 Å². The fourth-order valence-electron chi connectivity index (χ4n) is 2.39. The van der Waals surface area contributed by atoms with Crippen molar-refractivity contribution >= 4 is 17.3 Å². The lowest BCUT2D eigenvalue weighted by Crippen LogP contribution is -2.28. The predicted octanol–water partition coefficient (Wildman–Crippen LogP) is 3.54. The van der Waals surface area contributed by atoms with Crippen LogP contribution in [0.5, 0.6) is 5.75 Å². The highest BCUT2D eigenvalue weighted by atomic mass is 19.4. The summed E-state index contributed by atoms with van der Waals surface area (Å²) < 4.78 is 38.1. The van der Waals surface area contributed by atoms with Gasteiger partial charge in [0.25, 0.3) is 5.91 Å². The Morgan fingerprint density at radius 1 is 1.20 bits per heavy atom. The summed E-state index contributed by atoms with van der Waals surface area (Å²) in [6.07, 6.45) is -5.38. The van der Waals surface area contributed by atoms with Crippen LogP contribution in [0.25, 0.3) is 0 Å². The molecule has 1 atom stereocenters. The van der Waals surface area contributed by atoms with E-state index < -0.39 is 23.8 Å². The van der Waals surface area contributed by atoms with E-state index in [1.54, 1.807) is 18.2 Å². The molecule has 0 spiro atoms. The van der Waals surface area contributed by atoms with Crippen LogP contribution < -0.4 is 5.32 Å². The first kappa shape index (κ1) is 16.8. The number of hydrogen-bond donors (Lipinski definition) is 2. The van der Waals surface area contributed by atoms with E-state index in [2.05, 4.69) is 10.5 Å². The van der Waals surface area contributed by atoms with Crippen LogP contribution in [-0.2, 0) is 15.8 Å². The number of nitrogens with one attached hydrogen (secondary N) is 1. The van der Waals surface area contributed by atoms with Crippen molar-refractivity contribution in [1.82, 2.24) is 0 Å². The minimum Gasteiger partial charge on any atom is -0.507 e. The molecule has 0 unspecified atom stereocenters. The van der Waals surface area contributed by atoms with Crippen molar-refractivity contribution in [2.75, 3.05) is 5.32 Å². The van der Waals surface area contributed by atoms with E-state index in [1.165, 1.54) is 18.2 Å². The number of hydrogen-bond acceptors (Lipinski definition) is 4. The Hall–Kier alpha value is -3.03. The Morgan fingerprint density at radius 2 is 1.96 bits per heavy atom. The van der Waals surface area contributed by atoms with Gasteiger partial charge in [-0.25, -0.2) is 0 Å². The van der Waals surface area contributed by atoms with Crippen molar-refractivity contribution in [1.29, 1.82) is 0 Å². The van der Waals surface area contributed by atoms with Gasteiger partial charge in [0.2, 0.25) is 6.10 Å². The molecule has 130 valence electrons. The monoisotopic (exact) mass is 350 g/mol. The Labute approximate surface area is 140 Å². The molecule has 1 aliphatic heterocycles. The van der Waals surface area contributed by atoms with Gasteiger partial charge in [-0.2, -0.15) is 13.2 Å². The molecule has 0 aliphatic carbocycles. The molecule has 3 rings (SSSR count). The lowest BCUT2D eigenvalue weighted by Gasteiger charge is -2.12. The highest BCUT2D eigenvalue weighted by Gasteiger charge is 2.32. The number of carbonyl (C=O) groups is 1. The lowest BCUT2D eigenvalue weighted by molar-refractivity contribution is -0.137. The van der Waals surface area contributed by atoms with Crippen molar-refractivity contribution in [2.24, 2.45) is 5.16 Å². The third kappa shape index (κ3) is 3.73. The van der Waals surface area contributed by atoms with Crippen molar-refractivity contribution in [3.8, 4) is 5.75 Å². The molecular weight excluding hydrogens is 337 g/mol. The third-order valence-corrected chi connectivity index (χ3v) is 3.63. The maximum Gasteiger partial charge on any atom is 0.416 e. The first-order valence-corrected chi connectivity index (χ1v) is 7.34. The smallest absolute Gasteiger partial charge is 0.416 e. The summed E-state index contributed by atoms with van der Waals surface area (Å²) in [4.78, 5) is 17.2. The molecular formula is C17H13F3N2O3. The van der Waals surface area contributed by atoms with E-state index in [0.29, 0.717) is 11.3 Å². The lowest BCUT2D eigenvalue weighted by atomic mass is 10.0. The fourth-order valence-corrected chi connectivity index (χ4v) is 2.39. The van der Waals surface area contributed by atoms with E-state index in [0.717, 1.165) is 12.1 Å². The minimum atomic E-state index is -4.49. The number of halogens is 3. The molecule has 1 heterocycles. The molecule has 0 bridgehead atoms. The zero-order valence-electron chi connectivity index (χ0n) is 12.7. The van der Waals surface area contributed by atoms with Crippen LogP contribution in [0.3, 0.4) is 0 Å². The second-order valence-corrected chi connectivity index (χ2v) is 5.42. The zero-order chi connectivity index (χ0) is 18.0.